The van der Waals surface area contributed by atoms with Gasteiger partial charge in [0.05, 0.1) is 0 Å². The van der Waals surface area contributed by atoms with E-state index in [-0.39, 0.29) is 11.8 Å². The zero-order valence-electron chi connectivity index (χ0n) is 15.5. The number of nitrogens with one attached hydrogen (secondary N) is 2. The van der Waals surface area contributed by atoms with E-state index in [0.717, 1.165) is 12.0 Å². The number of rotatable bonds is 5. The Labute approximate surface area is 159 Å². The first-order valence-corrected chi connectivity index (χ1v) is 8.94. The predicted octanol–water partition coefficient (Wildman–Crippen LogP) is 5.06. The zero-order valence-corrected chi connectivity index (χ0v) is 15.5. The monoisotopic (exact) mass is 358 g/mol. The number of amides is 2. The van der Waals surface area contributed by atoms with E-state index < -0.39 is 0 Å². The number of carbonyl (C=O) groups is 2. The Morgan fingerprint density at radius 2 is 1.41 bits per heavy atom. The van der Waals surface area contributed by atoms with Crippen LogP contribution in [0.5, 0.6) is 0 Å². The van der Waals surface area contributed by atoms with Crippen molar-refractivity contribution in [2.75, 3.05) is 10.6 Å². The smallest absolute Gasteiger partial charge is 0.255 e. The molecule has 0 spiro atoms. The van der Waals surface area contributed by atoms with Crippen LogP contribution in [0.1, 0.15) is 38.8 Å². The lowest BCUT2D eigenvalue weighted by molar-refractivity contribution is 0.101. The number of anilines is 2. The highest BCUT2D eigenvalue weighted by atomic mass is 16.2. The van der Waals surface area contributed by atoms with Gasteiger partial charge in [-0.2, -0.15) is 0 Å². The third-order valence-electron chi connectivity index (χ3n) is 4.39. The molecule has 0 unspecified atom stereocenters. The van der Waals surface area contributed by atoms with E-state index in [1.54, 1.807) is 30.3 Å². The van der Waals surface area contributed by atoms with Gasteiger partial charge in [-0.1, -0.05) is 43.3 Å². The summed E-state index contributed by atoms with van der Waals surface area (Å²) in [4.78, 5) is 24.9. The molecule has 0 aliphatic rings. The van der Waals surface area contributed by atoms with Gasteiger partial charge in [0.15, 0.2) is 0 Å². The van der Waals surface area contributed by atoms with Crippen molar-refractivity contribution in [1.29, 1.82) is 0 Å². The Morgan fingerprint density at radius 3 is 2.04 bits per heavy atom. The van der Waals surface area contributed by atoms with Crippen LogP contribution in [0.4, 0.5) is 11.4 Å². The molecule has 4 heteroatoms. The van der Waals surface area contributed by atoms with Crippen molar-refractivity contribution in [1.82, 2.24) is 0 Å². The predicted molar refractivity (Wildman–Crippen MR) is 109 cm³/mol. The molecular weight excluding hydrogens is 336 g/mol. The van der Waals surface area contributed by atoms with Gasteiger partial charge in [0.1, 0.15) is 0 Å². The first kappa shape index (κ1) is 18.4. The summed E-state index contributed by atoms with van der Waals surface area (Å²) in [6.45, 7) is 3.97. The Morgan fingerprint density at radius 1 is 0.778 bits per heavy atom. The molecule has 0 bridgehead atoms. The molecule has 0 aliphatic heterocycles. The second-order valence-corrected chi connectivity index (χ2v) is 6.35. The van der Waals surface area contributed by atoms with Gasteiger partial charge in [-0.3, -0.25) is 9.59 Å². The lowest BCUT2D eigenvalue weighted by Crippen LogP contribution is -2.14. The van der Waals surface area contributed by atoms with Gasteiger partial charge in [0.25, 0.3) is 11.8 Å². The topological polar surface area (TPSA) is 58.2 Å². The van der Waals surface area contributed by atoms with Crippen LogP contribution in [0.3, 0.4) is 0 Å². The van der Waals surface area contributed by atoms with Crippen LogP contribution in [0.2, 0.25) is 0 Å². The van der Waals surface area contributed by atoms with E-state index in [1.165, 1.54) is 5.56 Å². The Hall–Kier alpha value is -3.40. The standard InChI is InChI=1S/C23H22N2O2/c1-3-17-11-13-18(14-12-17)22(26)24-19-8-6-9-20(15-19)25-23(27)21-10-5-4-7-16(21)2/h4-15H,3H2,1-2H3,(H,24,26)(H,25,27). The summed E-state index contributed by atoms with van der Waals surface area (Å²) in [5.41, 5.74) is 4.58. The van der Waals surface area contributed by atoms with Crippen LogP contribution in [0.15, 0.2) is 72.8 Å². The molecule has 3 aromatic rings. The van der Waals surface area contributed by atoms with Gasteiger partial charge in [-0.25, -0.2) is 0 Å². The van der Waals surface area contributed by atoms with Crippen LogP contribution in [-0.2, 0) is 6.42 Å². The van der Waals surface area contributed by atoms with Gasteiger partial charge < -0.3 is 10.6 Å². The van der Waals surface area contributed by atoms with E-state index in [0.29, 0.717) is 22.5 Å². The first-order valence-electron chi connectivity index (χ1n) is 8.94. The van der Waals surface area contributed by atoms with Crippen molar-refractivity contribution in [3.8, 4) is 0 Å². The number of hydrogen-bond donors (Lipinski definition) is 2. The Bertz CT molecular complexity index is 962. The van der Waals surface area contributed by atoms with Crippen molar-refractivity contribution < 1.29 is 9.59 Å². The van der Waals surface area contributed by atoms with E-state index in [1.807, 2.05) is 49.4 Å². The summed E-state index contributed by atoms with van der Waals surface area (Å²) in [5.74, 6) is -0.355. The minimum absolute atomic E-state index is 0.174. The van der Waals surface area contributed by atoms with E-state index in [4.69, 9.17) is 0 Å². The van der Waals surface area contributed by atoms with Gasteiger partial charge in [-0.05, 0) is 60.9 Å². The fourth-order valence-corrected chi connectivity index (χ4v) is 2.80. The molecule has 0 aromatic heterocycles. The van der Waals surface area contributed by atoms with Gasteiger partial charge in [0.2, 0.25) is 0 Å². The molecule has 0 saturated carbocycles. The molecule has 0 radical (unpaired) electrons. The maximum Gasteiger partial charge on any atom is 0.255 e. The zero-order chi connectivity index (χ0) is 19.2. The number of hydrogen-bond acceptors (Lipinski definition) is 2. The summed E-state index contributed by atoms with van der Waals surface area (Å²) in [7, 11) is 0. The summed E-state index contributed by atoms with van der Waals surface area (Å²) in [6, 6.07) is 22.1. The van der Waals surface area contributed by atoms with Crippen molar-refractivity contribution in [3.05, 3.63) is 95.1 Å². The third-order valence-corrected chi connectivity index (χ3v) is 4.39. The molecule has 2 N–H and O–H groups in total. The van der Waals surface area contributed by atoms with E-state index in [2.05, 4.69) is 17.6 Å². The summed E-state index contributed by atoms with van der Waals surface area (Å²) in [5, 5.41) is 5.75. The van der Waals surface area contributed by atoms with Crippen LogP contribution in [0.25, 0.3) is 0 Å². The number of carbonyl (C=O) groups excluding carboxylic acids is 2. The molecule has 0 saturated heterocycles. The SMILES string of the molecule is CCc1ccc(C(=O)Nc2cccc(NC(=O)c3ccccc3C)c2)cc1. The minimum Gasteiger partial charge on any atom is -0.322 e. The number of aryl methyl sites for hydroxylation is 2. The van der Waals surface area contributed by atoms with Crippen LogP contribution < -0.4 is 10.6 Å². The molecule has 2 amide bonds. The van der Waals surface area contributed by atoms with Crippen molar-refractivity contribution >= 4 is 23.2 Å². The molecule has 3 aromatic carbocycles. The molecular formula is C23H22N2O2. The van der Waals surface area contributed by atoms with Crippen LogP contribution in [-0.4, -0.2) is 11.8 Å². The van der Waals surface area contributed by atoms with Gasteiger partial charge in [-0.15, -0.1) is 0 Å². The molecule has 3 rings (SSSR count). The van der Waals surface area contributed by atoms with Crippen molar-refractivity contribution in [2.45, 2.75) is 20.3 Å². The number of benzene rings is 3. The fraction of sp³-hybridized carbons (Fsp3) is 0.130. The minimum atomic E-state index is -0.181. The molecule has 4 nitrogen and oxygen atoms in total. The molecule has 0 fully saturated rings. The highest BCUT2D eigenvalue weighted by Gasteiger charge is 2.10. The van der Waals surface area contributed by atoms with Gasteiger partial charge in [0, 0.05) is 22.5 Å². The van der Waals surface area contributed by atoms with E-state index in [9.17, 15) is 9.59 Å². The highest BCUT2D eigenvalue weighted by Crippen LogP contribution is 2.18. The Balaban J connectivity index is 1.70. The average molecular weight is 358 g/mol. The van der Waals surface area contributed by atoms with Crippen LogP contribution >= 0.6 is 0 Å². The second kappa shape index (κ2) is 8.32. The summed E-state index contributed by atoms with van der Waals surface area (Å²) < 4.78 is 0. The molecule has 27 heavy (non-hydrogen) atoms. The van der Waals surface area contributed by atoms with E-state index >= 15 is 0 Å². The highest BCUT2D eigenvalue weighted by molar-refractivity contribution is 6.07. The molecule has 0 heterocycles. The summed E-state index contributed by atoms with van der Waals surface area (Å²) in [6.07, 6.45) is 0.935. The maximum absolute atomic E-state index is 12.5. The van der Waals surface area contributed by atoms with Gasteiger partial charge >= 0.3 is 0 Å². The summed E-state index contributed by atoms with van der Waals surface area (Å²) >= 11 is 0. The first-order chi connectivity index (χ1) is 13.1. The maximum atomic E-state index is 12.5. The fourth-order valence-electron chi connectivity index (χ4n) is 2.80. The molecule has 136 valence electrons. The quantitative estimate of drug-likeness (QED) is 0.669. The lowest BCUT2D eigenvalue weighted by Gasteiger charge is -2.10. The van der Waals surface area contributed by atoms with Crippen LogP contribution in [0, 0.1) is 6.92 Å². The normalized spacial score (nSPS) is 10.3. The Kier molecular flexibility index (Phi) is 5.67. The molecule has 0 atom stereocenters. The second-order valence-electron chi connectivity index (χ2n) is 6.35. The third kappa shape index (κ3) is 4.61. The largest absolute Gasteiger partial charge is 0.322 e. The lowest BCUT2D eigenvalue weighted by atomic mass is 10.1. The average Bonchev–Trinajstić information content (AvgIpc) is 2.68. The molecule has 0 aliphatic carbocycles. The van der Waals surface area contributed by atoms with Crippen molar-refractivity contribution in [2.24, 2.45) is 0 Å². The van der Waals surface area contributed by atoms with Crippen molar-refractivity contribution in [3.63, 3.8) is 0 Å².